The van der Waals surface area contributed by atoms with Gasteiger partial charge in [0.1, 0.15) is 12.2 Å². The van der Waals surface area contributed by atoms with Crippen LogP contribution in [-0.4, -0.2) is 80.7 Å². The van der Waals surface area contributed by atoms with Crippen LogP contribution in [0.2, 0.25) is 0 Å². The van der Waals surface area contributed by atoms with E-state index >= 15 is 0 Å². The van der Waals surface area contributed by atoms with Crippen molar-refractivity contribution < 1.29 is 18.0 Å². The quantitative estimate of drug-likeness (QED) is 0.364. The molecule has 7 rings (SSSR count). The molecular weight excluding hydrogens is 581 g/mol. The average molecular weight is 621 g/mol. The molecule has 2 saturated heterocycles. The van der Waals surface area contributed by atoms with Gasteiger partial charge in [0, 0.05) is 69.0 Å². The minimum Gasteiger partial charge on any atom is -0.320 e. The maximum Gasteiger partial charge on any atom is 0.416 e. The number of aromatic nitrogens is 3. The molecule has 1 aromatic heterocycles. The fourth-order valence-corrected chi connectivity index (χ4v) is 7.02. The third kappa shape index (κ3) is 6.42. The summed E-state index contributed by atoms with van der Waals surface area (Å²) in [7, 11) is 3.93. The van der Waals surface area contributed by atoms with Crippen LogP contribution in [0.25, 0.3) is 0 Å². The molecule has 0 radical (unpaired) electrons. The van der Waals surface area contributed by atoms with Gasteiger partial charge >= 0.3 is 6.18 Å². The summed E-state index contributed by atoms with van der Waals surface area (Å²) < 4.78 is 43.9. The number of halogens is 3. The number of nitriles is 1. The van der Waals surface area contributed by atoms with Crippen molar-refractivity contribution in [1.29, 1.82) is 5.26 Å². The van der Waals surface area contributed by atoms with E-state index in [2.05, 4.69) is 33.1 Å². The van der Waals surface area contributed by atoms with Crippen LogP contribution in [0, 0.1) is 17.4 Å². The molecular formula is C33H39F3N8O. The number of hydrogen-bond acceptors (Lipinski definition) is 7. The lowest BCUT2D eigenvalue weighted by Crippen LogP contribution is -2.61. The van der Waals surface area contributed by atoms with Crippen LogP contribution in [0.5, 0.6) is 0 Å². The topological polar surface area (TPSA) is 84.5 Å². The molecule has 238 valence electrons. The Bertz CT molecular complexity index is 1560. The molecule has 1 unspecified atom stereocenters. The first kappa shape index (κ1) is 31.0. The number of rotatable bonds is 6. The highest BCUT2D eigenvalue weighted by Crippen LogP contribution is 2.41. The molecule has 1 amide bonds. The monoisotopic (exact) mass is 620 g/mol. The maximum absolute atomic E-state index is 14.0. The van der Waals surface area contributed by atoms with Crippen LogP contribution < -0.4 is 4.90 Å². The summed E-state index contributed by atoms with van der Waals surface area (Å²) in [6.07, 6.45) is 2.96. The number of anilines is 1. The minimum atomic E-state index is -4.53. The molecule has 12 heteroatoms. The highest BCUT2D eigenvalue weighted by molar-refractivity contribution is 6.10. The van der Waals surface area contributed by atoms with Crippen molar-refractivity contribution in [2.45, 2.75) is 63.5 Å². The summed E-state index contributed by atoms with van der Waals surface area (Å²) in [6, 6.07) is 12.2. The van der Waals surface area contributed by atoms with Crippen LogP contribution in [0.3, 0.4) is 0 Å². The highest BCUT2D eigenvalue weighted by Gasteiger charge is 2.41. The second-order valence-electron chi connectivity index (χ2n) is 13.0. The highest BCUT2D eigenvalue weighted by atomic mass is 19.4. The number of fused-ring (bicyclic) bond motifs is 1. The second kappa shape index (κ2) is 12.4. The number of carbonyl (C=O) groups is 1. The number of alkyl halides is 3. The van der Waals surface area contributed by atoms with Gasteiger partial charge in [0.05, 0.1) is 12.1 Å². The third-order valence-corrected chi connectivity index (χ3v) is 9.73. The fourth-order valence-electron chi connectivity index (χ4n) is 7.02. The van der Waals surface area contributed by atoms with Crippen LogP contribution >= 0.6 is 0 Å². The van der Waals surface area contributed by atoms with Gasteiger partial charge in [-0.3, -0.25) is 14.6 Å². The van der Waals surface area contributed by atoms with Gasteiger partial charge < -0.3 is 14.4 Å². The average Bonchev–Trinajstić information content (AvgIpc) is 3.70. The zero-order valence-electron chi connectivity index (χ0n) is 25.9. The summed E-state index contributed by atoms with van der Waals surface area (Å²) in [6.45, 7) is 5.72. The predicted molar refractivity (Wildman–Crippen MR) is 163 cm³/mol. The maximum atomic E-state index is 14.0. The Morgan fingerprint density at radius 3 is 2.44 bits per heavy atom. The summed E-state index contributed by atoms with van der Waals surface area (Å²) in [4.78, 5) is 20.6. The van der Waals surface area contributed by atoms with Crippen molar-refractivity contribution in [3.63, 3.8) is 0 Å². The van der Waals surface area contributed by atoms with Gasteiger partial charge in [-0.05, 0) is 67.6 Å². The molecule has 3 aromatic rings. The van der Waals surface area contributed by atoms with Crippen molar-refractivity contribution in [3.8, 4) is 6.19 Å². The Morgan fingerprint density at radius 2 is 1.84 bits per heavy atom. The van der Waals surface area contributed by atoms with E-state index in [0.717, 1.165) is 44.3 Å². The van der Waals surface area contributed by atoms with Crippen LogP contribution in [0.1, 0.15) is 65.0 Å². The Morgan fingerprint density at radius 1 is 1.11 bits per heavy atom. The number of aryl methyl sites for hydroxylation is 1. The standard InChI is InChI=1S/C25H26F3N5O.C8H13N3/c1-30(20-13-32(14-20)19-7-8-31(12-19)16-29)11-17-9-21-22(23(10-17)25(26,27)28)15-33(24(21)34)18-5-3-2-4-6-18;1-6-3-7(4-6)8-10-9-5-11(8)2/h2-6,9-10,19-20H,7-8,11-15H2,1H3;5-7H,3-4H2,1-2H3. The van der Waals surface area contributed by atoms with Crippen molar-refractivity contribution in [3.05, 3.63) is 76.9 Å². The lowest BCUT2D eigenvalue weighted by molar-refractivity contribution is -0.138. The molecule has 9 nitrogen and oxygen atoms in total. The van der Waals surface area contributed by atoms with E-state index in [9.17, 15) is 18.0 Å². The number of benzene rings is 2. The number of hydrogen-bond donors (Lipinski definition) is 0. The molecule has 4 heterocycles. The Labute approximate surface area is 261 Å². The third-order valence-electron chi connectivity index (χ3n) is 9.73. The number of carbonyl (C=O) groups excluding carboxylic acids is 1. The first-order valence-corrected chi connectivity index (χ1v) is 15.5. The van der Waals surface area contributed by atoms with Gasteiger partial charge in [0.25, 0.3) is 5.91 Å². The lowest BCUT2D eigenvalue weighted by Gasteiger charge is -2.47. The number of likely N-dealkylation sites (N-methyl/N-ethyl adjacent to an activating group) is 1. The van der Waals surface area contributed by atoms with Crippen LogP contribution in [0.4, 0.5) is 18.9 Å². The molecule has 3 aliphatic heterocycles. The molecule has 1 aliphatic carbocycles. The summed E-state index contributed by atoms with van der Waals surface area (Å²) >= 11 is 0. The van der Waals surface area contributed by atoms with E-state index < -0.39 is 17.6 Å². The van der Waals surface area contributed by atoms with E-state index in [1.807, 2.05) is 18.7 Å². The first-order chi connectivity index (χ1) is 21.5. The Balaban J connectivity index is 0.000000272. The first-order valence-electron chi connectivity index (χ1n) is 15.5. The lowest BCUT2D eigenvalue weighted by atomic mass is 9.76. The SMILES string of the molecule is CC1CC(c2nncn2C)C1.CN(Cc1cc2c(c(C(F)(F)F)c1)CN(c1ccccc1)C2=O)C1CN(C2CCN(C#N)C2)C1. The van der Waals surface area contributed by atoms with E-state index in [0.29, 0.717) is 29.8 Å². The van der Waals surface area contributed by atoms with E-state index in [4.69, 9.17) is 5.26 Å². The summed E-state index contributed by atoms with van der Waals surface area (Å²) in [5, 5.41) is 17.0. The minimum absolute atomic E-state index is 0.0471. The molecule has 2 aromatic carbocycles. The van der Waals surface area contributed by atoms with E-state index in [1.165, 1.54) is 23.8 Å². The van der Waals surface area contributed by atoms with Gasteiger partial charge in [-0.1, -0.05) is 25.1 Å². The molecule has 45 heavy (non-hydrogen) atoms. The van der Waals surface area contributed by atoms with Gasteiger partial charge in [0.2, 0.25) is 0 Å². The largest absolute Gasteiger partial charge is 0.416 e. The fraction of sp³-hybridized carbons (Fsp3) is 0.515. The molecule has 4 aliphatic rings. The molecule has 0 N–H and O–H groups in total. The molecule has 1 atom stereocenters. The number of para-hydroxylation sites is 1. The van der Waals surface area contributed by atoms with E-state index in [-0.39, 0.29) is 23.7 Å². The number of likely N-dealkylation sites (tertiary alicyclic amines) is 2. The van der Waals surface area contributed by atoms with Gasteiger partial charge in [0.15, 0.2) is 6.19 Å². The van der Waals surface area contributed by atoms with Crippen molar-refractivity contribution in [1.82, 2.24) is 29.5 Å². The summed E-state index contributed by atoms with van der Waals surface area (Å²) in [5.74, 6) is 2.33. The number of amides is 1. The normalized spacial score (nSPS) is 23.3. The van der Waals surface area contributed by atoms with E-state index in [1.54, 1.807) is 47.6 Å². The van der Waals surface area contributed by atoms with Crippen molar-refractivity contribution >= 4 is 11.6 Å². The Kier molecular flexibility index (Phi) is 8.59. The van der Waals surface area contributed by atoms with Gasteiger partial charge in [-0.2, -0.15) is 18.4 Å². The molecule has 0 spiro atoms. The zero-order chi connectivity index (χ0) is 31.9. The van der Waals surface area contributed by atoms with Gasteiger partial charge in [-0.25, -0.2) is 0 Å². The predicted octanol–water partition coefficient (Wildman–Crippen LogP) is 4.87. The molecule has 0 bridgehead atoms. The van der Waals surface area contributed by atoms with Crippen LogP contribution in [-0.2, 0) is 26.3 Å². The molecule has 1 saturated carbocycles. The van der Waals surface area contributed by atoms with Crippen molar-refractivity contribution in [2.24, 2.45) is 13.0 Å². The smallest absolute Gasteiger partial charge is 0.320 e. The Hall–Kier alpha value is -3.95. The van der Waals surface area contributed by atoms with Crippen LogP contribution in [0.15, 0.2) is 48.8 Å². The van der Waals surface area contributed by atoms with Gasteiger partial charge in [-0.15, -0.1) is 10.2 Å². The zero-order valence-corrected chi connectivity index (χ0v) is 25.9. The molecule has 3 fully saturated rings. The summed E-state index contributed by atoms with van der Waals surface area (Å²) in [5.41, 5.74) is 0.544. The van der Waals surface area contributed by atoms with Crippen molar-refractivity contribution in [2.75, 3.05) is 38.1 Å². The second-order valence-corrected chi connectivity index (χ2v) is 13.0. The number of nitrogens with zero attached hydrogens (tertiary/aromatic N) is 8.